The molecule has 170 valence electrons. The Hall–Kier alpha value is -2.32. The van der Waals surface area contributed by atoms with Crippen molar-refractivity contribution in [3.8, 4) is 0 Å². The topological polar surface area (TPSA) is 151 Å². The van der Waals surface area contributed by atoms with Crippen molar-refractivity contribution >= 4 is 20.2 Å². The normalized spacial score (nSPS) is 22.0. The van der Waals surface area contributed by atoms with E-state index in [1.807, 2.05) is 0 Å². The van der Waals surface area contributed by atoms with E-state index in [9.17, 15) is 26.4 Å². The van der Waals surface area contributed by atoms with E-state index in [1.165, 1.54) is 25.3 Å². The maximum Gasteiger partial charge on any atom is 0.330 e. The third kappa shape index (κ3) is 5.68. The van der Waals surface area contributed by atoms with Crippen LogP contribution in [0.3, 0.4) is 0 Å². The van der Waals surface area contributed by atoms with Gasteiger partial charge in [-0.3, -0.25) is 22.7 Å². The summed E-state index contributed by atoms with van der Waals surface area (Å²) >= 11 is 0. The van der Waals surface area contributed by atoms with E-state index in [0.717, 1.165) is 16.4 Å². The summed E-state index contributed by atoms with van der Waals surface area (Å²) in [5.41, 5.74) is -0.214. The van der Waals surface area contributed by atoms with Crippen molar-refractivity contribution < 1.29 is 29.9 Å². The van der Waals surface area contributed by atoms with Crippen LogP contribution in [-0.2, 0) is 33.3 Å². The molecule has 3 rings (SSSR count). The van der Waals surface area contributed by atoms with Gasteiger partial charge in [-0.1, -0.05) is 17.7 Å². The number of rotatable bonds is 7. The summed E-state index contributed by atoms with van der Waals surface area (Å²) in [6.45, 7) is 2.75. The first-order valence-electron chi connectivity index (χ1n) is 9.17. The zero-order valence-electron chi connectivity index (χ0n) is 17.0. The molecule has 1 aliphatic heterocycles. The van der Waals surface area contributed by atoms with Crippen LogP contribution in [0.15, 0.2) is 44.9 Å². The molecular weight excluding hydrogens is 452 g/mol. The number of hydrogen-bond acceptors (Lipinski definition) is 9. The van der Waals surface area contributed by atoms with Crippen LogP contribution in [0.1, 0.15) is 23.8 Å². The molecule has 31 heavy (non-hydrogen) atoms. The maximum absolute atomic E-state index is 12.4. The molecule has 1 saturated heterocycles. The summed E-state index contributed by atoms with van der Waals surface area (Å²) in [7, 11) is -8.05. The first-order chi connectivity index (χ1) is 14.4. The summed E-state index contributed by atoms with van der Waals surface area (Å²) in [6.07, 6.45) is -1.18. The Bertz CT molecular complexity index is 1280. The highest BCUT2D eigenvalue weighted by molar-refractivity contribution is 7.86. The standard InChI is InChI=1S/C18H22N2O9S2/c1-11-4-6-13(7-5-11)31(25,26)27-10-15-14(29-30(3,23)24)8-16(28-15)20-9-12(2)17(21)19-18(20)22/h4-7,9,14-16H,8,10H2,1-3H3,(H,19,21,22)/t14-,15+,16+/m0/s1. The Balaban J connectivity index is 1.83. The van der Waals surface area contributed by atoms with Gasteiger partial charge in [0.15, 0.2) is 0 Å². The van der Waals surface area contributed by atoms with Crippen LogP contribution in [0.5, 0.6) is 0 Å². The third-order valence-corrected chi connectivity index (χ3v) is 6.52. The molecule has 3 atom stereocenters. The lowest BCUT2D eigenvalue weighted by Crippen LogP contribution is -2.33. The average Bonchev–Trinajstić information content (AvgIpc) is 3.04. The highest BCUT2D eigenvalue weighted by Gasteiger charge is 2.40. The molecule has 2 heterocycles. The van der Waals surface area contributed by atoms with Gasteiger partial charge in [-0.15, -0.1) is 0 Å². The molecule has 0 radical (unpaired) electrons. The van der Waals surface area contributed by atoms with Crippen molar-refractivity contribution in [2.75, 3.05) is 12.9 Å². The monoisotopic (exact) mass is 474 g/mol. The van der Waals surface area contributed by atoms with Crippen molar-refractivity contribution in [3.63, 3.8) is 0 Å². The fraction of sp³-hybridized carbons (Fsp3) is 0.444. The van der Waals surface area contributed by atoms with Crippen molar-refractivity contribution in [2.45, 2.75) is 43.6 Å². The minimum atomic E-state index is -4.14. The van der Waals surface area contributed by atoms with Crippen LogP contribution in [0, 0.1) is 13.8 Å². The lowest BCUT2D eigenvalue weighted by atomic mass is 10.2. The van der Waals surface area contributed by atoms with Gasteiger partial charge in [0.1, 0.15) is 18.4 Å². The zero-order chi connectivity index (χ0) is 23.0. The van der Waals surface area contributed by atoms with Gasteiger partial charge in [0.2, 0.25) is 0 Å². The number of hydrogen-bond donors (Lipinski definition) is 1. The number of aromatic nitrogens is 2. The quantitative estimate of drug-likeness (QED) is 0.555. The third-order valence-electron chi connectivity index (χ3n) is 4.63. The van der Waals surface area contributed by atoms with Gasteiger partial charge >= 0.3 is 5.69 Å². The number of nitrogens with zero attached hydrogens (tertiary/aromatic N) is 1. The predicted molar refractivity (Wildman–Crippen MR) is 109 cm³/mol. The van der Waals surface area contributed by atoms with E-state index in [-0.39, 0.29) is 16.9 Å². The highest BCUT2D eigenvalue weighted by atomic mass is 32.2. The number of nitrogens with one attached hydrogen (secondary N) is 1. The van der Waals surface area contributed by atoms with Crippen LogP contribution in [0.25, 0.3) is 0 Å². The van der Waals surface area contributed by atoms with Gasteiger partial charge in [0.05, 0.1) is 17.8 Å². The molecule has 1 N–H and O–H groups in total. The van der Waals surface area contributed by atoms with Gasteiger partial charge < -0.3 is 4.74 Å². The maximum atomic E-state index is 12.4. The van der Waals surface area contributed by atoms with E-state index in [2.05, 4.69) is 4.98 Å². The Morgan fingerprint density at radius 1 is 1.13 bits per heavy atom. The van der Waals surface area contributed by atoms with Crippen molar-refractivity contribution in [3.05, 3.63) is 62.4 Å². The van der Waals surface area contributed by atoms with Crippen LogP contribution in [0.2, 0.25) is 0 Å². The number of H-pyrrole nitrogens is 1. The second kappa shape index (κ2) is 8.67. The fourth-order valence-corrected chi connectivity index (χ4v) is 4.65. The van der Waals surface area contributed by atoms with Crippen molar-refractivity contribution in [2.24, 2.45) is 0 Å². The minimum Gasteiger partial charge on any atom is -0.349 e. The molecule has 0 amide bonds. The molecule has 1 aliphatic rings. The largest absolute Gasteiger partial charge is 0.349 e. The van der Waals surface area contributed by atoms with Crippen LogP contribution < -0.4 is 11.2 Å². The molecule has 0 bridgehead atoms. The first kappa shape index (κ1) is 23.3. The first-order valence-corrected chi connectivity index (χ1v) is 12.4. The summed E-state index contributed by atoms with van der Waals surface area (Å²) in [4.78, 5) is 25.8. The molecule has 1 aromatic heterocycles. The van der Waals surface area contributed by atoms with E-state index < -0.39 is 56.5 Å². The van der Waals surface area contributed by atoms with Crippen LogP contribution in [-0.4, -0.2) is 51.5 Å². The van der Waals surface area contributed by atoms with E-state index >= 15 is 0 Å². The number of aryl methyl sites for hydroxylation is 2. The van der Waals surface area contributed by atoms with E-state index in [0.29, 0.717) is 0 Å². The smallest absolute Gasteiger partial charge is 0.330 e. The highest BCUT2D eigenvalue weighted by Crippen LogP contribution is 2.31. The molecule has 0 aliphatic carbocycles. The number of ether oxygens (including phenoxy) is 1. The van der Waals surface area contributed by atoms with Crippen LogP contribution >= 0.6 is 0 Å². The summed E-state index contributed by atoms with van der Waals surface area (Å²) in [5.74, 6) is 0. The molecule has 13 heteroatoms. The van der Waals surface area contributed by atoms with Crippen LogP contribution in [0.4, 0.5) is 0 Å². The Morgan fingerprint density at radius 3 is 2.39 bits per heavy atom. The van der Waals surface area contributed by atoms with Gasteiger partial charge in [-0.25, -0.2) is 4.79 Å². The van der Waals surface area contributed by atoms with E-state index in [4.69, 9.17) is 13.1 Å². The Morgan fingerprint density at radius 2 is 1.77 bits per heavy atom. The van der Waals surface area contributed by atoms with E-state index in [1.54, 1.807) is 19.1 Å². The molecule has 1 aromatic carbocycles. The second-order valence-corrected chi connectivity index (χ2v) is 10.5. The lowest BCUT2D eigenvalue weighted by molar-refractivity contribution is -0.0354. The SMILES string of the molecule is Cc1ccc(S(=O)(=O)OC[C@H]2O[C@@H](n3cc(C)c(=O)[nH]c3=O)C[C@@H]2OS(C)(=O)=O)cc1. The Kier molecular flexibility index (Phi) is 6.53. The van der Waals surface area contributed by atoms with Gasteiger partial charge in [0, 0.05) is 18.2 Å². The molecule has 2 aromatic rings. The Labute approximate surface area is 178 Å². The van der Waals surface area contributed by atoms with Gasteiger partial charge in [0.25, 0.3) is 25.8 Å². The molecular formula is C18H22N2O9S2. The van der Waals surface area contributed by atoms with Gasteiger partial charge in [-0.2, -0.15) is 16.8 Å². The predicted octanol–water partition coefficient (Wildman–Crippen LogP) is 0.191. The number of aromatic amines is 1. The summed E-state index contributed by atoms with van der Waals surface area (Å²) in [6, 6.07) is 5.99. The average molecular weight is 475 g/mol. The van der Waals surface area contributed by atoms with Crippen molar-refractivity contribution in [1.29, 1.82) is 0 Å². The van der Waals surface area contributed by atoms with Crippen molar-refractivity contribution in [1.82, 2.24) is 9.55 Å². The second-order valence-electron chi connectivity index (χ2n) is 7.23. The minimum absolute atomic E-state index is 0.0688. The molecule has 1 fully saturated rings. The summed E-state index contributed by atoms with van der Waals surface area (Å²) in [5, 5.41) is 0. The molecule has 0 saturated carbocycles. The number of benzene rings is 1. The molecule has 11 nitrogen and oxygen atoms in total. The zero-order valence-corrected chi connectivity index (χ0v) is 18.6. The van der Waals surface area contributed by atoms with Gasteiger partial charge in [-0.05, 0) is 26.0 Å². The molecule has 0 unspecified atom stereocenters. The lowest BCUT2D eigenvalue weighted by Gasteiger charge is -2.18. The summed E-state index contributed by atoms with van der Waals surface area (Å²) < 4.78 is 65.1. The molecule has 0 spiro atoms. The fourth-order valence-electron chi connectivity index (χ4n) is 3.08.